The van der Waals surface area contributed by atoms with E-state index in [0.717, 1.165) is 0 Å². The first-order valence-corrected chi connectivity index (χ1v) is 6.62. The van der Waals surface area contributed by atoms with Crippen molar-refractivity contribution in [1.29, 1.82) is 5.26 Å². The maximum atomic E-state index is 7.32. The van der Waals surface area contributed by atoms with Crippen LogP contribution >= 0.6 is 0 Å². The van der Waals surface area contributed by atoms with Crippen LogP contribution in [-0.4, -0.2) is 0 Å². The molecule has 0 spiro atoms. The Morgan fingerprint density at radius 1 is 1.21 bits per heavy atom. The van der Waals surface area contributed by atoms with E-state index in [1.54, 1.807) is 6.07 Å². The second-order valence-electron chi connectivity index (χ2n) is 3.37. The van der Waals surface area contributed by atoms with Crippen LogP contribution < -0.4 is 5.73 Å². The Morgan fingerprint density at radius 3 is 2.00 bits per heavy atom. The Bertz CT molecular complexity index is 406. The van der Waals surface area contributed by atoms with Crippen LogP contribution in [0.3, 0.4) is 0 Å². The maximum Gasteiger partial charge on any atom is 0.0587 e. The molecule has 0 aliphatic heterocycles. The number of hydrogen-bond acceptors (Lipinski definition) is 2. The van der Waals surface area contributed by atoms with E-state index in [9.17, 15) is 0 Å². The molecule has 0 fully saturated rings. The lowest BCUT2D eigenvalue weighted by molar-refractivity contribution is 1.07. The summed E-state index contributed by atoms with van der Waals surface area (Å²) < 4.78 is 0. The molecule has 0 aromatic heterocycles. The molecule has 1 rings (SSSR count). The second kappa shape index (κ2) is 14.2. The highest BCUT2D eigenvalue weighted by Crippen LogP contribution is 2.16. The van der Waals surface area contributed by atoms with Crippen molar-refractivity contribution in [2.75, 3.05) is 0 Å². The topological polar surface area (TPSA) is 49.8 Å². The Labute approximate surface area is 118 Å². The summed E-state index contributed by atoms with van der Waals surface area (Å²) in [6, 6.07) is 10.1. The minimum absolute atomic E-state index is 0.606. The molecule has 0 aliphatic rings. The molecule has 2 nitrogen and oxygen atoms in total. The minimum atomic E-state index is 0.606. The number of nitrogens with zero attached hydrogens (tertiary/aromatic N) is 1. The number of nitriles is 1. The molecule has 0 heterocycles. The molecule has 0 bridgehead atoms. The molecule has 0 amide bonds. The summed E-state index contributed by atoms with van der Waals surface area (Å²) in [5.74, 6) is 0. The molecule has 104 valence electrons. The van der Waals surface area contributed by atoms with E-state index >= 15 is 0 Å². The van der Waals surface area contributed by atoms with E-state index in [-0.39, 0.29) is 0 Å². The summed E-state index contributed by atoms with van der Waals surface area (Å²) in [6.07, 6.45) is 6.26. The lowest BCUT2D eigenvalue weighted by Crippen LogP contribution is -1.95. The largest absolute Gasteiger partial charge is 0.326 e. The van der Waals surface area contributed by atoms with E-state index in [4.69, 9.17) is 11.0 Å². The van der Waals surface area contributed by atoms with Crippen LogP contribution in [0.2, 0.25) is 0 Å². The van der Waals surface area contributed by atoms with Gasteiger partial charge in [-0.3, -0.25) is 0 Å². The van der Waals surface area contributed by atoms with Crippen molar-refractivity contribution >= 4 is 5.57 Å². The normalized spacial score (nSPS) is 9.84. The van der Waals surface area contributed by atoms with Gasteiger partial charge in [0, 0.05) is 13.5 Å². The summed E-state index contributed by atoms with van der Waals surface area (Å²) in [6.45, 7) is 10.1. The summed E-state index contributed by atoms with van der Waals surface area (Å²) in [5, 5.41) is 7.32. The highest BCUT2D eigenvalue weighted by atomic mass is 14.5. The van der Waals surface area contributed by atoms with Crippen molar-refractivity contribution in [2.45, 2.75) is 41.2 Å². The van der Waals surface area contributed by atoms with Crippen molar-refractivity contribution in [3.63, 3.8) is 0 Å². The lowest BCUT2D eigenvalue weighted by atomic mass is 10.0. The van der Waals surface area contributed by atoms with Crippen molar-refractivity contribution in [1.82, 2.24) is 0 Å². The molecular weight excluding hydrogens is 232 g/mol. The number of benzene rings is 1. The summed E-state index contributed by atoms with van der Waals surface area (Å²) >= 11 is 0. The van der Waals surface area contributed by atoms with Gasteiger partial charge in [0.2, 0.25) is 0 Å². The standard InChI is InChI=1S/C13H17N.C2H3N.C2H6/c1-3-5-12(4-2)13-8-6-11(10-14)7-9-13;1-2-3;1-2/h3-9H,10,14H2,1-2H3;1H3;1-2H3/b5-3-,12-4+;;. The number of rotatable bonds is 3. The Balaban J connectivity index is 0. The fourth-order valence-corrected chi connectivity index (χ4v) is 1.37. The van der Waals surface area contributed by atoms with E-state index < -0.39 is 0 Å². The zero-order valence-corrected chi connectivity index (χ0v) is 12.8. The van der Waals surface area contributed by atoms with Crippen molar-refractivity contribution < 1.29 is 0 Å². The van der Waals surface area contributed by atoms with Crippen LogP contribution in [0.25, 0.3) is 5.57 Å². The lowest BCUT2D eigenvalue weighted by Gasteiger charge is -2.03. The predicted octanol–water partition coefficient (Wildman–Crippen LogP) is 4.68. The molecule has 0 unspecified atom stereocenters. The molecule has 0 aliphatic carbocycles. The van der Waals surface area contributed by atoms with Gasteiger partial charge >= 0.3 is 0 Å². The summed E-state index contributed by atoms with van der Waals surface area (Å²) in [4.78, 5) is 0. The first-order chi connectivity index (χ1) is 9.23. The molecule has 0 saturated heterocycles. The van der Waals surface area contributed by atoms with E-state index in [2.05, 4.69) is 36.4 Å². The highest BCUT2D eigenvalue weighted by molar-refractivity contribution is 5.73. The third kappa shape index (κ3) is 8.82. The Hall–Kier alpha value is -1.85. The van der Waals surface area contributed by atoms with Crippen molar-refractivity contribution in [3.8, 4) is 6.07 Å². The molecule has 1 aromatic carbocycles. The highest BCUT2D eigenvalue weighted by Gasteiger charge is 1.95. The van der Waals surface area contributed by atoms with Gasteiger partial charge in [-0.25, -0.2) is 0 Å². The molecule has 19 heavy (non-hydrogen) atoms. The van der Waals surface area contributed by atoms with Crippen LogP contribution in [0.5, 0.6) is 0 Å². The van der Waals surface area contributed by atoms with Crippen molar-refractivity contribution in [2.24, 2.45) is 5.73 Å². The SMILES string of the molecule is C/C=C\C(=C/C)c1ccc(CN)cc1.CC.CC#N. The van der Waals surface area contributed by atoms with Gasteiger partial charge in [-0.15, -0.1) is 0 Å². The number of allylic oxidation sites excluding steroid dienone is 4. The molecule has 1 aromatic rings. The average molecular weight is 258 g/mol. The van der Waals surface area contributed by atoms with Gasteiger partial charge in [-0.2, -0.15) is 5.26 Å². The van der Waals surface area contributed by atoms with Gasteiger partial charge in [0.1, 0.15) is 0 Å². The van der Waals surface area contributed by atoms with Gasteiger partial charge in [-0.1, -0.05) is 56.3 Å². The van der Waals surface area contributed by atoms with Crippen LogP contribution in [-0.2, 0) is 6.54 Å². The van der Waals surface area contributed by atoms with Gasteiger partial charge in [-0.05, 0) is 30.5 Å². The third-order valence-corrected chi connectivity index (χ3v) is 2.18. The van der Waals surface area contributed by atoms with E-state index in [1.165, 1.54) is 23.6 Å². The van der Waals surface area contributed by atoms with E-state index in [0.29, 0.717) is 6.54 Å². The van der Waals surface area contributed by atoms with Crippen LogP contribution in [0.1, 0.15) is 45.7 Å². The van der Waals surface area contributed by atoms with Crippen LogP contribution in [0.4, 0.5) is 0 Å². The molecule has 0 atom stereocenters. The summed E-state index contributed by atoms with van der Waals surface area (Å²) in [5.41, 5.74) is 9.19. The van der Waals surface area contributed by atoms with Gasteiger partial charge < -0.3 is 5.73 Å². The minimum Gasteiger partial charge on any atom is -0.326 e. The molecule has 0 saturated carbocycles. The van der Waals surface area contributed by atoms with Crippen LogP contribution in [0.15, 0.2) is 42.5 Å². The Morgan fingerprint density at radius 2 is 1.68 bits per heavy atom. The monoisotopic (exact) mass is 258 g/mol. The molecule has 0 radical (unpaired) electrons. The Kier molecular flexibility index (Phi) is 14.6. The zero-order valence-electron chi connectivity index (χ0n) is 12.8. The predicted molar refractivity (Wildman–Crippen MR) is 85.4 cm³/mol. The number of nitrogens with two attached hydrogens (primary N) is 1. The first kappa shape index (κ1) is 19.5. The zero-order chi connectivity index (χ0) is 15.1. The second-order valence-corrected chi connectivity index (χ2v) is 3.37. The molecular formula is C17H26N2. The fraction of sp³-hybridized carbons (Fsp3) is 0.353. The molecule has 2 N–H and O–H groups in total. The smallest absolute Gasteiger partial charge is 0.0587 e. The van der Waals surface area contributed by atoms with E-state index in [1.807, 2.05) is 33.8 Å². The quantitative estimate of drug-likeness (QED) is 0.800. The van der Waals surface area contributed by atoms with Gasteiger partial charge in [0.15, 0.2) is 0 Å². The van der Waals surface area contributed by atoms with Gasteiger partial charge in [0.25, 0.3) is 0 Å². The van der Waals surface area contributed by atoms with Gasteiger partial charge in [0.05, 0.1) is 6.07 Å². The van der Waals surface area contributed by atoms with Crippen LogP contribution in [0, 0.1) is 11.3 Å². The first-order valence-electron chi connectivity index (χ1n) is 6.62. The number of hydrogen-bond donors (Lipinski definition) is 1. The maximum absolute atomic E-state index is 7.32. The van der Waals surface area contributed by atoms with Crippen molar-refractivity contribution in [3.05, 3.63) is 53.6 Å². The fourth-order valence-electron chi connectivity index (χ4n) is 1.37. The average Bonchev–Trinajstić information content (AvgIpc) is 2.48. The third-order valence-electron chi connectivity index (χ3n) is 2.18. The molecule has 2 heteroatoms. The summed E-state index contributed by atoms with van der Waals surface area (Å²) in [7, 11) is 0.